The van der Waals surface area contributed by atoms with Crippen LogP contribution in [0.15, 0.2) is 82.0 Å². The minimum absolute atomic E-state index is 0.123. The Morgan fingerprint density at radius 3 is 2.43 bits per heavy atom. The highest BCUT2D eigenvalue weighted by atomic mass is 16.3. The zero-order valence-electron chi connectivity index (χ0n) is 19.5. The van der Waals surface area contributed by atoms with Gasteiger partial charge in [-0.25, -0.2) is 0 Å². The Bertz CT molecular complexity index is 1480. The maximum Gasteiger partial charge on any atom is 0.257 e. The Kier molecular flexibility index (Phi) is 6.07. The highest BCUT2D eigenvalue weighted by Crippen LogP contribution is 2.28. The molecule has 0 unspecified atom stereocenters. The number of benzene rings is 3. The predicted molar refractivity (Wildman–Crippen MR) is 137 cm³/mol. The Balaban J connectivity index is 1.46. The van der Waals surface area contributed by atoms with Gasteiger partial charge in [-0.1, -0.05) is 36.4 Å². The number of hydrogen-bond acceptors (Lipinski definition) is 5. The van der Waals surface area contributed by atoms with Crippen LogP contribution in [0.25, 0.3) is 22.3 Å². The molecule has 1 amide bonds. The number of nitriles is 1. The van der Waals surface area contributed by atoms with Crippen molar-refractivity contribution in [2.45, 2.75) is 13.3 Å². The SMILES string of the molecule is Cc1c(-c2ccccc2)oc2c(C(=O)N3CCCN(c4ccc(C#N)cc4)CC3)cccc2c1=O. The zero-order valence-corrected chi connectivity index (χ0v) is 19.5. The summed E-state index contributed by atoms with van der Waals surface area (Å²) in [4.78, 5) is 30.9. The molecule has 4 aromatic rings. The van der Waals surface area contributed by atoms with Crippen LogP contribution in [0.2, 0.25) is 0 Å². The van der Waals surface area contributed by atoms with Crippen LogP contribution >= 0.6 is 0 Å². The Labute approximate surface area is 203 Å². The van der Waals surface area contributed by atoms with E-state index in [-0.39, 0.29) is 11.3 Å². The zero-order chi connectivity index (χ0) is 24.4. The fourth-order valence-electron chi connectivity index (χ4n) is 4.64. The first-order chi connectivity index (χ1) is 17.1. The lowest BCUT2D eigenvalue weighted by atomic mass is 10.0. The van der Waals surface area contributed by atoms with Gasteiger partial charge in [-0.05, 0) is 49.7 Å². The molecule has 3 aromatic carbocycles. The lowest BCUT2D eigenvalue weighted by Crippen LogP contribution is -2.35. The van der Waals surface area contributed by atoms with E-state index in [0.717, 1.165) is 24.2 Å². The number of rotatable bonds is 3. The molecule has 1 aliphatic rings. The maximum atomic E-state index is 13.6. The molecular weight excluding hydrogens is 438 g/mol. The van der Waals surface area contributed by atoms with Gasteiger partial charge in [0, 0.05) is 43.0 Å². The number of hydrogen-bond donors (Lipinski definition) is 0. The molecule has 0 atom stereocenters. The second-order valence-electron chi connectivity index (χ2n) is 8.73. The van der Waals surface area contributed by atoms with E-state index in [1.807, 2.05) is 59.5 Å². The van der Waals surface area contributed by atoms with E-state index in [9.17, 15) is 9.59 Å². The summed E-state index contributed by atoms with van der Waals surface area (Å²) < 4.78 is 6.26. The van der Waals surface area contributed by atoms with Crippen molar-refractivity contribution in [3.8, 4) is 17.4 Å². The predicted octanol–water partition coefficient (Wildman–Crippen LogP) is 4.99. The lowest BCUT2D eigenvalue weighted by molar-refractivity contribution is 0.0768. The van der Waals surface area contributed by atoms with Gasteiger partial charge in [0.25, 0.3) is 5.91 Å². The number of carbonyl (C=O) groups excluding carboxylic acids is 1. The van der Waals surface area contributed by atoms with Gasteiger partial charge in [0.2, 0.25) is 0 Å². The fraction of sp³-hybridized carbons (Fsp3) is 0.207. The quantitative estimate of drug-likeness (QED) is 0.428. The van der Waals surface area contributed by atoms with E-state index in [1.54, 1.807) is 25.1 Å². The maximum absolute atomic E-state index is 13.6. The molecular formula is C29H25N3O3. The second-order valence-corrected chi connectivity index (χ2v) is 8.73. The minimum Gasteiger partial charge on any atom is -0.455 e. The molecule has 1 fully saturated rings. The average Bonchev–Trinajstić information content (AvgIpc) is 3.17. The monoisotopic (exact) mass is 463 g/mol. The standard InChI is InChI=1S/C29H25N3O3/c1-20-26(33)24-9-5-10-25(28(24)35-27(20)22-7-3-2-4-8-22)29(34)32-16-6-15-31(17-18-32)23-13-11-21(19-30)12-14-23/h2-5,7-14H,6,15-18H2,1H3. The molecule has 0 N–H and O–H groups in total. The van der Waals surface area contributed by atoms with Gasteiger partial charge >= 0.3 is 0 Å². The van der Waals surface area contributed by atoms with Crippen LogP contribution < -0.4 is 10.3 Å². The van der Waals surface area contributed by atoms with Crippen molar-refractivity contribution in [1.29, 1.82) is 5.26 Å². The second kappa shape index (κ2) is 9.47. The highest BCUT2D eigenvalue weighted by Gasteiger charge is 2.24. The normalized spacial score (nSPS) is 13.9. The summed E-state index contributed by atoms with van der Waals surface area (Å²) in [6.45, 7) is 4.42. The summed E-state index contributed by atoms with van der Waals surface area (Å²) in [6, 6.07) is 24.4. The van der Waals surface area contributed by atoms with E-state index in [0.29, 0.717) is 53.1 Å². The van der Waals surface area contributed by atoms with Gasteiger partial charge in [-0.3, -0.25) is 9.59 Å². The van der Waals surface area contributed by atoms with Crippen LogP contribution in [0, 0.1) is 18.3 Å². The smallest absolute Gasteiger partial charge is 0.257 e. The van der Waals surface area contributed by atoms with Crippen molar-refractivity contribution in [3.63, 3.8) is 0 Å². The van der Waals surface area contributed by atoms with Crippen LogP contribution in [-0.4, -0.2) is 37.0 Å². The average molecular weight is 464 g/mol. The number of nitrogens with zero attached hydrogens (tertiary/aromatic N) is 3. The third kappa shape index (κ3) is 4.29. The Morgan fingerprint density at radius 1 is 0.914 bits per heavy atom. The molecule has 1 aliphatic heterocycles. The summed E-state index contributed by atoms with van der Waals surface area (Å²) in [5, 5.41) is 9.46. The summed E-state index contributed by atoms with van der Waals surface area (Å²) in [5.41, 5.74) is 3.62. The highest BCUT2D eigenvalue weighted by molar-refractivity contribution is 6.05. The van der Waals surface area contributed by atoms with E-state index >= 15 is 0 Å². The molecule has 0 radical (unpaired) electrons. The van der Waals surface area contributed by atoms with E-state index in [2.05, 4.69) is 11.0 Å². The van der Waals surface area contributed by atoms with Crippen LogP contribution in [0.4, 0.5) is 5.69 Å². The van der Waals surface area contributed by atoms with Crippen LogP contribution in [-0.2, 0) is 0 Å². The molecule has 174 valence electrons. The van der Waals surface area contributed by atoms with Crippen LogP contribution in [0.1, 0.15) is 27.9 Å². The Morgan fingerprint density at radius 2 is 1.69 bits per heavy atom. The number of fused-ring (bicyclic) bond motifs is 1. The van der Waals surface area contributed by atoms with Crippen LogP contribution in [0.5, 0.6) is 0 Å². The third-order valence-corrected chi connectivity index (χ3v) is 6.56. The van der Waals surface area contributed by atoms with Crippen molar-refractivity contribution in [1.82, 2.24) is 4.90 Å². The number of para-hydroxylation sites is 1. The molecule has 6 nitrogen and oxygen atoms in total. The number of amides is 1. The van der Waals surface area contributed by atoms with Gasteiger partial charge in [-0.15, -0.1) is 0 Å². The van der Waals surface area contributed by atoms with E-state index in [1.165, 1.54) is 0 Å². The number of anilines is 1. The fourth-order valence-corrected chi connectivity index (χ4v) is 4.64. The molecule has 1 saturated heterocycles. The molecule has 0 aliphatic carbocycles. The molecule has 0 saturated carbocycles. The molecule has 6 heteroatoms. The van der Waals surface area contributed by atoms with Gasteiger partial charge in [0.1, 0.15) is 5.76 Å². The summed E-state index contributed by atoms with van der Waals surface area (Å²) in [5.74, 6) is 0.356. The van der Waals surface area contributed by atoms with Crippen molar-refractivity contribution in [3.05, 3.63) is 99.7 Å². The van der Waals surface area contributed by atoms with Crippen molar-refractivity contribution in [2.24, 2.45) is 0 Å². The summed E-state index contributed by atoms with van der Waals surface area (Å²) in [7, 11) is 0. The van der Waals surface area contributed by atoms with Gasteiger partial charge < -0.3 is 14.2 Å². The van der Waals surface area contributed by atoms with Crippen molar-refractivity contribution in [2.75, 3.05) is 31.1 Å². The minimum atomic E-state index is -0.136. The lowest BCUT2D eigenvalue weighted by Gasteiger charge is -2.24. The molecule has 35 heavy (non-hydrogen) atoms. The summed E-state index contributed by atoms with van der Waals surface area (Å²) in [6.07, 6.45) is 0.814. The van der Waals surface area contributed by atoms with E-state index < -0.39 is 0 Å². The summed E-state index contributed by atoms with van der Waals surface area (Å²) >= 11 is 0. The first-order valence-electron chi connectivity index (χ1n) is 11.7. The largest absolute Gasteiger partial charge is 0.455 e. The van der Waals surface area contributed by atoms with Gasteiger partial charge in [0.05, 0.1) is 22.6 Å². The molecule has 2 heterocycles. The van der Waals surface area contributed by atoms with Gasteiger partial charge in [0.15, 0.2) is 11.0 Å². The first kappa shape index (κ1) is 22.4. The van der Waals surface area contributed by atoms with E-state index in [4.69, 9.17) is 9.68 Å². The molecule has 0 spiro atoms. The Hall–Kier alpha value is -4.37. The van der Waals surface area contributed by atoms with Crippen molar-refractivity contribution < 1.29 is 9.21 Å². The van der Waals surface area contributed by atoms with Crippen molar-refractivity contribution >= 4 is 22.6 Å². The molecule has 1 aromatic heterocycles. The topological polar surface area (TPSA) is 77.6 Å². The van der Waals surface area contributed by atoms with Gasteiger partial charge in [-0.2, -0.15) is 5.26 Å². The first-order valence-corrected chi connectivity index (χ1v) is 11.7. The molecule has 5 rings (SSSR count). The number of carbonyl (C=O) groups is 1. The third-order valence-electron chi connectivity index (χ3n) is 6.56. The molecule has 0 bridgehead atoms. The van der Waals surface area contributed by atoms with Crippen LogP contribution in [0.3, 0.4) is 0 Å².